The number of aromatic nitrogens is 2. The minimum Gasteiger partial charge on any atom is -0.467 e. The molecule has 9 heteroatoms. The van der Waals surface area contributed by atoms with Crippen molar-refractivity contribution in [2.75, 3.05) is 10.6 Å². The van der Waals surface area contributed by atoms with Crippen LogP contribution in [0.3, 0.4) is 0 Å². The zero-order valence-electron chi connectivity index (χ0n) is 13.2. The van der Waals surface area contributed by atoms with Gasteiger partial charge in [0.25, 0.3) is 0 Å². The normalized spacial score (nSPS) is 11.9. The Labute approximate surface area is 151 Å². The Bertz CT molecular complexity index is 838. The number of thioether (sulfide) groups is 1. The first-order valence-corrected chi connectivity index (χ1v) is 9.13. The number of amides is 1. The van der Waals surface area contributed by atoms with Gasteiger partial charge in [0.2, 0.25) is 11.0 Å². The van der Waals surface area contributed by atoms with Gasteiger partial charge in [-0.3, -0.25) is 4.79 Å². The molecule has 2 aromatic heterocycles. The first-order valence-electron chi connectivity index (χ1n) is 7.43. The molecule has 0 spiro atoms. The second-order valence-electron chi connectivity index (χ2n) is 5.04. The van der Waals surface area contributed by atoms with Crippen LogP contribution in [0.4, 0.5) is 15.2 Å². The summed E-state index contributed by atoms with van der Waals surface area (Å²) in [6.07, 6.45) is 1.61. The first-order chi connectivity index (χ1) is 12.1. The molecule has 1 aromatic carbocycles. The number of nitrogens with zero attached hydrogens (tertiary/aromatic N) is 2. The molecule has 1 amide bonds. The molecule has 25 heavy (non-hydrogen) atoms. The molecule has 0 bridgehead atoms. The van der Waals surface area contributed by atoms with Gasteiger partial charge >= 0.3 is 0 Å². The van der Waals surface area contributed by atoms with Gasteiger partial charge in [-0.25, -0.2) is 4.39 Å². The lowest BCUT2D eigenvalue weighted by molar-refractivity contribution is -0.115. The van der Waals surface area contributed by atoms with E-state index in [1.165, 1.54) is 35.2 Å². The van der Waals surface area contributed by atoms with Crippen LogP contribution in [-0.2, 0) is 11.3 Å². The quantitative estimate of drug-likeness (QED) is 0.605. The summed E-state index contributed by atoms with van der Waals surface area (Å²) in [5, 5.41) is 14.0. The molecule has 130 valence electrons. The summed E-state index contributed by atoms with van der Waals surface area (Å²) in [7, 11) is 0. The van der Waals surface area contributed by atoms with Gasteiger partial charge in [0.15, 0.2) is 4.34 Å². The molecular weight excluding hydrogens is 363 g/mol. The number of hydrogen-bond acceptors (Lipinski definition) is 7. The summed E-state index contributed by atoms with van der Waals surface area (Å²) < 4.78 is 19.5. The average Bonchev–Trinajstić information content (AvgIpc) is 3.26. The highest BCUT2D eigenvalue weighted by Crippen LogP contribution is 2.29. The highest BCUT2D eigenvalue weighted by molar-refractivity contribution is 8.02. The molecule has 0 aliphatic carbocycles. The van der Waals surface area contributed by atoms with Crippen LogP contribution in [0.15, 0.2) is 51.4 Å². The number of rotatable bonds is 7. The van der Waals surface area contributed by atoms with E-state index in [4.69, 9.17) is 4.42 Å². The van der Waals surface area contributed by atoms with Crippen LogP contribution in [0.1, 0.15) is 12.7 Å². The van der Waals surface area contributed by atoms with E-state index >= 15 is 0 Å². The summed E-state index contributed by atoms with van der Waals surface area (Å²) in [6.45, 7) is 2.24. The highest BCUT2D eigenvalue weighted by atomic mass is 32.2. The molecular formula is C16H15FN4O2S2. The standard InChI is InChI=1S/C16H15FN4O2S2/c1-10(14(22)19-13-7-3-2-6-12(13)17)24-16-21-20-15(25-16)18-9-11-5-4-8-23-11/h2-8,10H,9H2,1H3,(H,18,20)(H,19,22)/t10-/m1/s1. The van der Waals surface area contributed by atoms with Crippen molar-refractivity contribution < 1.29 is 13.6 Å². The van der Waals surface area contributed by atoms with Crippen molar-refractivity contribution in [3.05, 3.63) is 54.2 Å². The largest absolute Gasteiger partial charge is 0.467 e. The van der Waals surface area contributed by atoms with Crippen molar-refractivity contribution in [1.82, 2.24) is 10.2 Å². The number of furan rings is 1. The fourth-order valence-electron chi connectivity index (χ4n) is 1.91. The minimum atomic E-state index is -0.464. The predicted molar refractivity (Wildman–Crippen MR) is 96.3 cm³/mol. The van der Waals surface area contributed by atoms with E-state index < -0.39 is 11.1 Å². The number of para-hydroxylation sites is 1. The van der Waals surface area contributed by atoms with E-state index in [1.54, 1.807) is 25.3 Å². The van der Waals surface area contributed by atoms with E-state index in [0.717, 1.165) is 5.76 Å². The molecule has 2 N–H and O–H groups in total. The summed E-state index contributed by atoms with van der Waals surface area (Å²) >= 11 is 2.61. The molecule has 2 heterocycles. The van der Waals surface area contributed by atoms with Crippen LogP contribution in [0, 0.1) is 5.82 Å². The van der Waals surface area contributed by atoms with E-state index in [9.17, 15) is 9.18 Å². The number of anilines is 2. The third kappa shape index (κ3) is 4.80. The van der Waals surface area contributed by atoms with Gasteiger partial charge in [-0.05, 0) is 31.2 Å². The zero-order chi connectivity index (χ0) is 17.6. The fraction of sp³-hybridized carbons (Fsp3) is 0.188. The summed E-state index contributed by atoms with van der Waals surface area (Å²) in [5.74, 6) is 0.0332. The molecule has 6 nitrogen and oxygen atoms in total. The van der Waals surface area contributed by atoms with Gasteiger partial charge in [-0.15, -0.1) is 10.2 Å². The van der Waals surface area contributed by atoms with E-state index in [2.05, 4.69) is 20.8 Å². The molecule has 0 saturated heterocycles. The topological polar surface area (TPSA) is 80.1 Å². The number of halogens is 1. The first kappa shape index (κ1) is 17.4. The second-order valence-corrected chi connectivity index (χ2v) is 7.60. The molecule has 3 rings (SSSR count). The molecule has 0 aliphatic rings. The van der Waals surface area contributed by atoms with Crippen molar-refractivity contribution in [3.8, 4) is 0 Å². The Morgan fingerprint density at radius 1 is 1.32 bits per heavy atom. The molecule has 1 atom stereocenters. The predicted octanol–water partition coefficient (Wildman–Crippen LogP) is 4.00. The number of hydrogen-bond donors (Lipinski definition) is 2. The Hall–Kier alpha value is -2.39. The number of benzene rings is 1. The van der Waals surface area contributed by atoms with Crippen LogP contribution in [-0.4, -0.2) is 21.4 Å². The van der Waals surface area contributed by atoms with Crippen LogP contribution in [0.5, 0.6) is 0 Å². The fourth-order valence-corrected chi connectivity index (χ4v) is 3.80. The SMILES string of the molecule is C[C@@H](Sc1nnc(NCc2ccco2)s1)C(=O)Nc1ccccc1F. The Balaban J connectivity index is 1.53. The third-order valence-corrected chi connectivity index (χ3v) is 5.24. The lowest BCUT2D eigenvalue weighted by atomic mass is 10.3. The van der Waals surface area contributed by atoms with Crippen LogP contribution >= 0.6 is 23.1 Å². The van der Waals surface area contributed by atoms with Gasteiger partial charge in [0.1, 0.15) is 11.6 Å². The van der Waals surface area contributed by atoms with Crippen LogP contribution < -0.4 is 10.6 Å². The van der Waals surface area contributed by atoms with Gasteiger partial charge in [-0.2, -0.15) is 0 Å². The lowest BCUT2D eigenvalue weighted by Crippen LogP contribution is -2.22. The summed E-state index contributed by atoms with van der Waals surface area (Å²) in [5.41, 5.74) is 0.165. The third-order valence-electron chi connectivity index (χ3n) is 3.18. The molecule has 0 saturated carbocycles. The Morgan fingerprint density at radius 3 is 2.92 bits per heavy atom. The van der Waals surface area contributed by atoms with E-state index in [1.807, 2.05) is 12.1 Å². The molecule has 0 fully saturated rings. The van der Waals surface area contributed by atoms with Gasteiger partial charge < -0.3 is 15.1 Å². The van der Waals surface area contributed by atoms with Crippen LogP contribution in [0.2, 0.25) is 0 Å². The molecule has 0 aliphatic heterocycles. The monoisotopic (exact) mass is 378 g/mol. The lowest BCUT2D eigenvalue weighted by Gasteiger charge is -2.10. The maximum absolute atomic E-state index is 13.6. The number of nitrogens with one attached hydrogen (secondary N) is 2. The number of carbonyl (C=O) groups excluding carboxylic acids is 1. The van der Waals surface area contributed by atoms with Crippen molar-refractivity contribution in [2.24, 2.45) is 0 Å². The number of carbonyl (C=O) groups is 1. The van der Waals surface area contributed by atoms with Crippen LogP contribution in [0.25, 0.3) is 0 Å². The second kappa shape index (κ2) is 8.13. The van der Waals surface area contributed by atoms with Gasteiger partial charge in [0, 0.05) is 0 Å². The average molecular weight is 378 g/mol. The van der Waals surface area contributed by atoms with Gasteiger partial charge in [-0.1, -0.05) is 35.2 Å². The maximum atomic E-state index is 13.6. The van der Waals surface area contributed by atoms with Crippen molar-refractivity contribution >= 4 is 39.8 Å². The summed E-state index contributed by atoms with van der Waals surface area (Å²) in [6, 6.07) is 9.73. The highest BCUT2D eigenvalue weighted by Gasteiger charge is 2.18. The Morgan fingerprint density at radius 2 is 2.16 bits per heavy atom. The zero-order valence-corrected chi connectivity index (χ0v) is 14.9. The van der Waals surface area contributed by atoms with E-state index in [-0.39, 0.29) is 11.6 Å². The van der Waals surface area contributed by atoms with E-state index in [0.29, 0.717) is 16.0 Å². The molecule has 3 aromatic rings. The smallest absolute Gasteiger partial charge is 0.237 e. The van der Waals surface area contributed by atoms with Crippen molar-refractivity contribution in [2.45, 2.75) is 23.1 Å². The molecule has 0 radical (unpaired) electrons. The van der Waals surface area contributed by atoms with Gasteiger partial charge in [0.05, 0.1) is 23.7 Å². The molecule has 0 unspecified atom stereocenters. The van der Waals surface area contributed by atoms with Crippen molar-refractivity contribution in [1.29, 1.82) is 0 Å². The Kier molecular flexibility index (Phi) is 5.67. The maximum Gasteiger partial charge on any atom is 0.237 e. The minimum absolute atomic E-state index is 0.165. The van der Waals surface area contributed by atoms with Crippen molar-refractivity contribution in [3.63, 3.8) is 0 Å². The summed E-state index contributed by atoms with van der Waals surface area (Å²) in [4.78, 5) is 12.2.